The molecule has 0 radical (unpaired) electrons. The molecular formula is C23H22ClNO3S. The zero-order chi connectivity index (χ0) is 20.2. The summed E-state index contributed by atoms with van der Waals surface area (Å²) in [7, 11) is 0. The number of piperidine rings is 1. The Morgan fingerprint density at radius 3 is 2.62 bits per heavy atom. The molecule has 3 aromatic rings. The smallest absolute Gasteiger partial charge is 0.407 e. The normalized spacial score (nSPS) is 19.4. The number of amides is 1. The molecule has 6 heteroatoms. The first-order valence-corrected chi connectivity index (χ1v) is 10.8. The van der Waals surface area contributed by atoms with Crippen LogP contribution in [0.15, 0.2) is 71.6 Å². The van der Waals surface area contributed by atoms with E-state index >= 15 is 0 Å². The van der Waals surface area contributed by atoms with Gasteiger partial charge < -0.3 is 14.7 Å². The van der Waals surface area contributed by atoms with Gasteiger partial charge in [0.25, 0.3) is 0 Å². The Hall–Kier alpha value is -2.21. The highest BCUT2D eigenvalue weighted by Crippen LogP contribution is 2.33. The largest absolute Gasteiger partial charge is 0.465 e. The average molecular weight is 428 g/mol. The summed E-state index contributed by atoms with van der Waals surface area (Å²) in [6.07, 6.45) is -0.312. The SMILES string of the molecule is O=C(O)N1CCC(Sc2ccc(Cl)cc2)C(OCc2ccc3ccccc3c2)C1. The van der Waals surface area contributed by atoms with Gasteiger partial charge in [0.05, 0.1) is 19.3 Å². The minimum Gasteiger partial charge on any atom is -0.465 e. The van der Waals surface area contributed by atoms with Gasteiger partial charge in [0.1, 0.15) is 0 Å². The van der Waals surface area contributed by atoms with E-state index in [1.165, 1.54) is 15.7 Å². The van der Waals surface area contributed by atoms with Crippen LogP contribution in [0.4, 0.5) is 4.79 Å². The number of carbonyl (C=O) groups is 1. The van der Waals surface area contributed by atoms with Crippen LogP contribution in [0, 0.1) is 0 Å². The summed E-state index contributed by atoms with van der Waals surface area (Å²) >= 11 is 7.72. The van der Waals surface area contributed by atoms with Gasteiger partial charge in [-0.2, -0.15) is 0 Å². The number of thioether (sulfide) groups is 1. The molecule has 1 aliphatic heterocycles. The zero-order valence-electron chi connectivity index (χ0n) is 15.8. The van der Waals surface area contributed by atoms with Gasteiger partial charge in [-0.25, -0.2) is 4.79 Å². The third kappa shape index (κ3) is 5.04. The average Bonchev–Trinajstić information content (AvgIpc) is 2.74. The van der Waals surface area contributed by atoms with Gasteiger partial charge in [-0.1, -0.05) is 48.0 Å². The van der Waals surface area contributed by atoms with Crippen LogP contribution in [0.2, 0.25) is 5.02 Å². The summed E-state index contributed by atoms with van der Waals surface area (Å²) in [6, 6.07) is 22.3. The molecule has 1 fully saturated rings. The predicted molar refractivity (Wildman–Crippen MR) is 118 cm³/mol. The highest BCUT2D eigenvalue weighted by Gasteiger charge is 2.33. The van der Waals surface area contributed by atoms with Crippen LogP contribution in [0.1, 0.15) is 12.0 Å². The fraction of sp³-hybridized carbons (Fsp3) is 0.261. The lowest BCUT2D eigenvalue weighted by molar-refractivity contribution is -0.00181. The molecular weight excluding hydrogens is 406 g/mol. The van der Waals surface area contributed by atoms with Gasteiger partial charge in [0, 0.05) is 21.7 Å². The van der Waals surface area contributed by atoms with E-state index in [-0.39, 0.29) is 11.4 Å². The molecule has 29 heavy (non-hydrogen) atoms. The molecule has 0 bridgehead atoms. The standard InChI is InChI=1S/C23H22ClNO3S/c24-19-7-9-20(10-8-19)29-22-11-12-25(23(26)27)14-21(22)28-15-16-5-6-17-3-1-2-4-18(17)13-16/h1-10,13,21-22H,11-12,14-15H2,(H,26,27). The minimum absolute atomic E-state index is 0.174. The maximum absolute atomic E-state index is 11.5. The second-order valence-corrected chi connectivity index (χ2v) is 8.91. The predicted octanol–water partition coefficient (Wildman–Crippen LogP) is 5.92. The maximum atomic E-state index is 11.5. The van der Waals surface area contributed by atoms with Crippen LogP contribution < -0.4 is 0 Å². The fourth-order valence-corrected chi connectivity index (χ4v) is 4.89. The Kier molecular flexibility index (Phi) is 6.28. The third-order valence-corrected chi connectivity index (χ3v) is 6.79. The van der Waals surface area contributed by atoms with Crippen molar-refractivity contribution in [2.75, 3.05) is 13.1 Å². The summed E-state index contributed by atoms with van der Waals surface area (Å²) in [5.74, 6) is 0. The van der Waals surface area contributed by atoms with Crippen LogP contribution in [-0.2, 0) is 11.3 Å². The number of benzene rings is 3. The van der Waals surface area contributed by atoms with Crippen molar-refractivity contribution in [3.63, 3.8) is 0 Å². The van der Waals surface area contributed by atoms with Gasteiger partial charge in [-0.15, -0.1) is 11.8 Å². The molecule has 0 saturated carbocycles. The van der Waals surface area contributed by atoms with Gasteiger partial charge in [-0.05, 0) is 53.1 Å². The number of rotatable bonds is 5. The van der Waals surface area contributed by atoms with Crippen molar-refractivity contribution >= 4 is 40.2 Å². The molecule has 4 rings (SSSR count). The van der Waals surface area contributed by atoms with Crippen molar-refractivity contribution in [3.05, 3.63) is 77.3 Å². The lowest BCUT2D eigenvalue weighted by atomic mass is 10.1. The molecule has 1 saturated heterocycles. The van der Waals surface area contributed by atoms with Crippen LogP contribution in [-0.4, -0.2) is 40.5 Å². The summed E-state index contributed by atoms with van der Waals surface area (Å²) in [5, 5.41) is 12.7. The molecule has 1 aliphatic rings. The van der Waals surface area contributed by atoms with Crippen LogP contribution in [0.25, 0.3) is 10.8 Å². The number of likely N-dealkylation sites (tertiary alicyclic amines) is 1. The lowest BCUT2D eigenvalue weighted by Gasteiger charge is -2.36. The number of hydrogen-bond acceptors (Lipinski definition) is 3. The molecule has 1 heterocycles. The van der Waals surface area contributed by atoms with Crippen LogP contribution in [0.5, 0.6) is 0 Å². The molecule has 0 spiro atoms. The maximum Gasteiger partial charge on any atom is 0.407 e. The van der Waals surface area contributed by atoms with E-state index < -0.39 is 6.09 Å². The number of carboxylic acid groups (broad SMARTS) is 1. The Labute approximate surface area is 179 Å². The molecule has 0 aromatic heterocycles. The molecule has 2 unspecified atom stereocenters. The molecule has 4 nitrogen and oxygen atoms in total. The first kappa shape index (κ1) is 20.1. The van der Waals surface area contributed by atoms with Gasteiger partial charge >= 0.3 is 6.09 Å². The molecule has 1 N–H and O–H groups in total. The second kappa shape index (κ2) is 9.08. The Bertz CT molecular complexity index is 995. The number of nitrogens with zero attached hydrogens (tertiary/aromatic N) is 1. The van der Waals surface area contributed by atoms with E-state index in [1.54, 1.807) is 11.8 Å². The van der Waals surface area contributed by atoms with E-state index in [9.17, 15) is 9.90 Å². The van der Waals surface area contributed by atoms with E-state index in [1.807, 2.05) is 36.4 Å². The summed E-state index contributed by atoms with van der Waals surface area (Å²) in [4.78, 5) is 14.0. The quantitative estimate of drug-likeness (QED) is 0.548. The van der Waals surface area contributed by atoms with Crippen molar-refractivity contribution in [1.82, 2.24) is 4.90 Å². The molecule has 0 aliphatic carbocycles. The van der Waals surface area contributed by atoms with E-state index in [0.717, 1.165) is 16.9 Å². The minimum atomic E-state index is -0.890. The molecule has 3 aromatic carbocycles. The first-order chi connectivity index (χ1) is 14.1. The summed E-state index contributed by atoms with van der Waals surface area (Å²) in [5.41, 5.74) is 1.09. The lowest BCUT2D eigenvalue weighted by Crippen LogP contribution is -2.48. The van der Waals surface area contributed by atoms with Crippen molar-refractivity contribution in [2.45, 2.75) is 29.3 Å². The Morgan fingerprint density at radius 1 is 1.10 bits per heavy atom. The fourth-order valence-electron chi connectivity index (χ4n) is 3.58. The molecule has 150 valence electrons. The van der Waals surface area contributed by atoms with E-state index in [4.69, 9.17) is 16.3 Å². The van der Waals surface area contributed by atoms with Crippen molar-refractivity contribution < 1.29 is 14.6 Å². The molecule has 2 atom stereocenters. The van der Waals surface area contributed by atoms with E-state index in [2.05, 4.69) is 30.3 Å². The number of fused-ring (bicyclic) bond motifs is 1. The molecule has 1 amide bonds. The Morgan fingerprint density at radius 2 is 1.86 bits per heavy atom. The van der Waals surface area contributed by atoms with E-state index in [0.29, 0.717) is 24.7 Å². The van der Waals surface area contributed by atoms with Crippen molar-refractivity contribution in [3.8, 4) is 0 Å². The topological polar surface area (TPSA) is 49.8 Å². The number of ether oxygens (including phenoxy) is 1. The first-order valence-electron chi connectivity index (χ1n) is 9.58. The summed E-state index contributed by atoms with van der Waals surface area (Å²) in [6.45, 7) is 1.37. The van der Waals surface area contributed by atoms with Crippen molar-refractivity contribution in [1.29, 1.82) is 0 Å². The number of halogens is 1. The van der Waals surface area contributed by atoms with Gasteiger partial charge in [0.15, 0.2) is 0 Å². The Balaban J connectivity index is 1.47. The summed E-state index contributed by atoms with van der Waals surface area (Å²) < 4.78 is 6.25. The van der Waals surface area contributed by atoms with Crippen LogP contribution in [0.3, 0.4) is 0 Å². The van der Waals surface area contributed by atoms with Crippen molar-refractivity contribution in [2.24, 2.45) is 0 Å². The van der Waals surface area contributed by atoms with Gasteiger partial charge in [-0.3, -0.25) is 0 Å². The van der Waals surface area contributed by atoms with Gasteiger partial charge in [0.2, 0.25) is 0 Å². The highest BCUT2D eigenvalue weighted by atomic mass is 35.5. The number of hydrogen-bond donors (Lipinski definition) is 1. The highest BCUT2D eigenvalue weighted by molar-refractivity contribution is 8.00. The second-order valence-electron chi connectivity index (χ2n) is 7.16. The monoisotopic (exact) mass is 427 g/mol. The third-order valence-electron chi connectivity index (χ3n) is 5.15. The zero-order valence-corrected chi connectivity index (χ0v) is 17.4. The van der Waals surface area contributed by atoms with Crippen LogP contribution >= 0.6 is 23.4 Å².